The van der Waals surface area contributed by atoms with Crippen LogP contribution in [0.15, 0.2) is 59.6 Å². The molecule has 0 spiro atoms. The summed E-state index contributed by atoms with van der Waals surface area (Å²) in [5.41, 5.74) is -2.79. The highest BCUT2D eigenvalue weighted by Crippen LogP contribution is 2.45. The first kappa shape index (κ1) is 27.5. The Labute approximate surface area is 221 Å². The number of hydrogen-bond acceptors (Lipinski definition) is 6. The molecule has 0 aliphatic carbocycles. The van der Waals surface area contributed by atoms with Gasteiger partial charge in [0.1, 0.15) is 10.9 Å². The molecular formula is C25H16F6N2O3S2. The number of carbonyl (C=O) groups is 1. The molecule has 4 rings (SSSR count). The third-order valence-electron chi connectivity index (χ3n) is 5.23. The number of ether oxygens (including phenoxy) is 2. The van der Waals surface area contributed by atoms with E-state index in [4.69, 9.17) is 21.7 Å². The molecule has 2 aromatic carbocycles. The van der Waals surface area contributed by atoms with E-state index >= 15 is 0 Å². The summed E-state index contributed by atoms with van der Waals surface area (Å²) in [5.74, 6) is -0.580. The maximum absolute atomic E-state index is 13.6. The van der Waals surface area contributed by atoms with Crippen molar-refractivity contribution in [2.75, 3.05) is 7.11 Å². The minimum Gasteiger partial charge on any atom is -0.493 e. The monoisotopic (exact) mass is 570 g/mol. The predicted octanol–water partition coefficient (Wildman–Crippen LogP) is 6.86. The zero-order chi connectivity index (χ0) is 27.7. The van der Waals surface area contributed by atoms with Gasteiger partial charge in [-0.15, -0.1) is 0 Å². The van der Waals surface area contributed by atoms with E-state index in [2.05, 4.69) is 10.3 Å². The molecule has 1 saturated heterocycles. The number of methoxy groups -OCH3 is 1. The average Bonchev–Trinajstić information content (AvgIpc) is 3.18. The van der Waals surface area contributed by atoms with Crippen LogP contribution >= 0.6 is 24.0 Å². The van der Waals surface area contributed by atoms with Crippen molar-refractivity contribution in [2.45, 2.75) is 19.0 Å². The number of amides is 1. The third kappa shape index (κ3) is 6.27. The zero-order valence-corrected chi connectivity index (χ0v) is 20.9. The van der Waals surface area contributed by atoms with E-state index in [0.717, 1.165) is 11.8 Å². The molecule has 1 aliphatic heterocycles. The number of aromatic nitrogens is 1. The first-order chi connectivity index (χ1) is 17.8. The summed E-state index contributed by atoms with van der Waals surface area (Å²) >= 11 is 5.93. The van der Waals surface area contributed by atoms with Crippen molar-refractivity contribution >= 4 is 40.3 Å². The fourth-order valence-corrected chi connectivity index (χ4v) is 4.58. The SMILES string of the molecule is COc1cc(C=C2SC(=S)NC2=O)cc(-c2cc(C(F)(F)F)cc(C(F)(F)F)c2)c1OCc1ccccn1. The fraction of sp³-hybridized carbons (Fsp3) is 0.160. The van der Waals surface area contributed by atoms with Gasteiger partial charge in [-0.25, -0.2) is 0 Å². The Balaban J connectivity index is 1.93. The molecule has 0 bridgehead atoms. The maximum atomic E-state index is 13.6. The second-order valence-electron chi connectivity index (χ2n) is 7.86. The van der Waals surface area contributed by atoms with E-state index in [1.54, 1.807) is 18.2 Å². The van der Waals surface area contributed by atoms with Gasteiger partial charge >= 0.3 is 12.4 Å². The van der Waals surface area contributed by atoms with Gasteiger partial charge in [0.25, 0.3) is 5.91 Å². The van der Waals surface area contributed by atoms with Crippen LogP contribution in [0.4, 0.5) is 26.3 Å². The van der Waals surface area contributed by atoms with Gasteiger partial charge in [-0.1, -0.05) is 30.0 Å². The first-order valence-electron chi connectivity index (χ1n) is 10.6. The lowest BCUT2D eigenvalue weighted by molar-refractivity contribution is -0.143. The molecular weight excluding hydrogens is 554 g/mol. The normalized spacial score (nSPS) is 15.1. The minimum atomic E-state index is -5.05. The number of carbonyl (C=O) groups excluding carboxylic acids is 1. The Kier molecular flexibility index (Phi) is 7.70. The van der Waals surface area contributed by atoms with Crippen LogP contribution in [0.1, 0.15) is 22.4 Å². The first-order valence-corrected chi connectivity index (χ1v) is 11.9. The molecule has 1 fully saturated rings. The largest absolute Gasteiger partial charge is 0.493 e. The standard InChI is InChI=1S/C25H16F6N2O3S2/c1-35-19-7-13(8-20-22(34)33-23(37)38-20)6-18(21(19)36-12-17-4-2-3-5-32-17)14-9-15(24(26,27)28)11-16(10-14)25(29,30)31/h2-11H,12H2,1H3,(H,33,34,37). The van der Waals surface area contributed by atoms with Crippen LogP contribution in [-0.2, 0) is 23.8 Å². The summed E-state index contributed by atoms with van der Waals surface area (Å²) in [4.78, 5) is 16.4. The third-order valence-corrected chi connectivity index (χ3v) is 6.39. The van der Waals surface area contributed by atoms with Crippen molar-refractivity contribution in [3.05, 3.63) is 82.0 Å². The molecule has 0 unspecified atom stereocenters. The van der Waals surface area contributed by atoms with Gasteiger partial charge in [0, 0.05) is 11.8 Å². The van der Waals surface area contributed by atoms with Crippen LogP contribution in [0.25, 0.3) is 17.2 Å². The van der Waals surface area contributed by atoms with Crippen molar-refractivity contribution < 1.29 is 40.6 Å². The molecule has 1 amide bonds. The van der Waals surface area contributed by atoms with Gasteiger partial charge in [0.2, 0.25) is 0 Å². The number of halogens is 6. The Hall–Kier alpha value is -3.58. The number of thioether (sulfide) groups is 1. The lowest BCUT2D eigenvalue weighted by Crippen LogP contribution is -2.17. The number of hydrogen-bond donors (Lipinski definition) is 1. The van der Waals surface area contributed by atoms with Crippen molar-refractivity contribution in [3.8, 4) is 22.6 Å². The predicted molar refractivity (Wildman–Crippen MR) is 133 cm³/mol. The molecule has 198 valence electrons. The van der Waals surface area contributed by atoms with E-state index in [1.807, 2.05) is 0 Å². The number of rotatable bonds is 6. The van der Waals surface area contributed by atoms with Crippen LogP contribution < -0.4 is 14.8 Å². The van der Waals surface area contributed by atoms with Crippen LogP contribution in [0.3, 0.4) is 0 Å². The molecule has 0 atom stereocenters. The van der Waals surface area contributed by atoms with Gasteiger partial charge < -0.3 is 14.8 Å². The fourth-order valence-electron chi connectivity index (χ4n) is 3.53. The molecule has 38 heavy (non-hydrogen) atoms. The van der Waals surface area contributed by atoms with Gasteiger partial charge in [0.05, 0.1) is 28.8 Å². The highest BCUT2D eigenvalue weighted by molar-refractivity contribution is 8.26. The molecule has 3 aromatic rings. The molecule has 0 saturated carbocycles. The summed E-state index contributed by atoms with van der Waals surface area (Å²) < 4.78 is 93.0. The lowest BCUT2D eigenvalue weighted by atomic mass is 9.96. The van der Waals surface area contributed by atoms with Crippen molar-refractivity contribution in [3.63, 3.8) is 0 Å². The summed E-state index contributed by atoms with van der Waals surface area (Å²) in [6, 6.07) is 8.99. The topological polar surface area (TPSA) is 60.5 Å². The number of benzene rings is 2. The number of nitrogens with one attached hydrogen (secondary N) is 1. The molecule has 13 heteroatoms. The van der Waals surface area contributed by atoms with Crippen molar-refractivity contribution in [1.82, 2.24) is 10.3 Å². The Bertz CT molecular complexity index is 1390. The zero-order valence-electron chi connectivity index (χ0n) is 19.2. The van der Waals surface area contributed by atoms with Crippen LogP contribution in [-0.4, -0.2) is 22.3 Å². The quantitative estimate of drug-likeness (QED) is 0.199. The van der Waals surface area contributed by atoms with Crippen LogP contribution in [0.5, 0.6) is 11.5 Å². The highest BCUT2D eigenvalue weighted by Gasteiger charge is 2.37. The number of nitrogens with zero attached hydrogens (tertiary/aromatic N) is 1. The van der Waals surface area contributed by atoms with Crippen molar-refractivity contribution in [2.24, 2.45) is 0 Å². The van der Waals surface area contributed by atoms with E-state index in [9.17, 15) is 31.1 Å². The van der Waals surface area contributed by atoms with Crippen LogP contribution in [0, 0.1) is 0 Å². The van der Waals surface area contributed by atoms with Crippen molar-refractivity contribution in [1.29, 1.82) is 0 Å². The summed E-state index contributed by atoms with van der Waals surface area (Å²) in [6.45, 7) is -0.151. The summed E-state index contributed by atoms with van der Waals surface area (Å²) in [7, 11) is 1.27. The number of thiocarbonyl (C=S) groups is 1. The average molecular weight is 571 g/mol. The van der Waals surface area contributed by atoms with Gasteiger partial charge in [-0.05, 0) is 59.7 Å². The molecule has 1 aromatic heterocycles. The maximum Gasteiger partial charge on any atom is 0.416 e. The molecule has 2 heterocycles. The van der Waals surface area contributed by atoms with Gasteiger partial charge in [-0.3, -0.25) is 9.78 Å². The molecule has 5 nitrogen and oxygen atoms in total. The minimum absolute atomic E-state index is 0.0160. The van der Waals surface area contributed by atoms with E-state index in [0.29, 0.717) is 17.8 Å². The number of alkyl halides is 6. The molecule has 1 N–H and O–H groups in total. The second-order valence-corrected chi connectivity index (χ2v) is 9.58. The van der Waals surface area contributed by atoms with E-state index < -0.39 is 35.0 Å². The Morgan fingerprint density at radius 3 is 2.24 bits per heavy atom. The molecule has 0 radical (unpaired) electrons. The summed E-state index contributed by atoms with van der Waals surface area (Å²) in [6.07, 6.45) is -7.21. The van der Waals surface area contributed by atoms with Gasteiger partial charge in [0.15, 0.2) is 11.5 Å². The smallest absolute Gasteiger partial charge is 0.416 e. The van der Waals surface area contributed by atoms with E-state index in [-0.39, 0.29) is 44.5 Å². The number of pyridine rings is 1. The molecule has 1 aliphatic rings. The second kappa shape index (κ2) is 10.7. The Morgan fingerprint density at radius 2 is 1.71 bits per heavy atom. The highest BCUT2D eigenvalue weighted by atomic mass is 32.2. The van der Waals surface area contributed by atoms with Gasteiger partial charge in [-0.2, -0.15) is 26.3 Å². The lowest BCUT2D eigenvalue weighted by Gasteiger charge is -2.19. The Morgan fingerprint density at radius 1 is 1.03 bits per heavy atom. The van der Waals surface area contributed by atoms with E-state index in [1.165, 1.54) is 31.5 Å². The summed E-state index contributed by atoms with van der Waals surface area (Å²) in [5, 5.41) is 2.43. The van der Waals surface area contributed by atoms with Crippen LogP contribution in [0.2, 0.25) is 0 Å².